The Morgan fingerprint density at radius 3 is 2.28 bits per heavy atom. The fourth-order valence-corrected chi connectivity index (χ4v) is 3.72. The molecule has 1 fully saturated rings. The molecule has 0 bridgehead atoms. The molecule has 1 atom stereocenters. The third-order valence-corrected chi connectivity index (χ3v) is 5.63. The van der Waals surface area contributed by atoms with Crippen molar-refractivity contribution < 1.29 is 33.5 Å². The van der Waals surface area contributed by atoms with E-state index in [9.17, 15) is 24.5 Å². The Labute approximate surface area is 206 Å². The quantitative estimate of drug-likeness (QED) is 0.189. The van der Waals surface area contributed by atoms with E-state index < -0.39 is 29.2 Å². The highest BCUT2D eigenvalue weighted by Gasteiger charge is 2.36. The number of carbonyl (C=O) groups is 3. The summed E-state index contributed by atoms with van der Waals surface area (Å²) < 4.78 is 16.0. The van der Waals surface area contributed by atoms with Crippen LogP contribution in [0.1, 0.15) is 16.8 Å². The number of methoxy groups -OCH3 is 1. The molecule has 1 amide bonds. The number of amides is 1. The fraction of sp³-hybridized carbons (Fsp3) is 0.192. The zero-order valence-corrected chi connectivity index (χ0v) is 19.3. The summed E-state index contributed by atoms with van der Waals surface area (Å²) in [5, 5.41) is 10.9. The molecule has 10 nitrogen and oxygen atoms in total. The Hall–Kier alpha value is -4.73. The number of Topliss-reactive ketones (excluding diaryl/α,β-unsaturated/α-hetero) is 1. The van der Waals surface area contributed by atoms with Gasteiger partial charge in [-0.15, -0.1) is 0 Å². The van der Waals surface area contributed by atoms with Crippen molar-refractivity contribution in [3.05, 3.63) is 88.5 Å². The molecule has 0 saturated carbocycles. The van der Waals surface area contributed by atoms with E-state index >= 15 is 0 Å². The molecule has 3 aromatic carbocycles. The maximum absolute atomic E-state index is 12.5. The van der Waals surface area contributed by atoms with Gasteiger partial charge in [0.05, 0.1) is 18.0 Å². The van der Waals surface area contributed by atoms with E-state index in [0.29, 0.717) is 22.9 Å². The lowest BCUT2D eigenvalue weighted by molar-refractivity contribution is -0.384. The molecule has 10 heteroatoms. The summed E-state index contributed by atoms with van der Waals surface area (Å²) in [6.07, 6.45) is -0.0477. The highest BCUT2D eigenvalue weighted by Crippen LogP contribution is 2.30. The molecule has 1 aliphatic rings. The van der Waals surface area contributed by atoms with Gasteiger partial charge in [0.15, 0.2) is 6.61 Å². The van der Waals surface area contributed by atoms with Crippen LogP contribution in [0.15, 0.2) is 72.8 Å². The molecule has 0 spiro atoms. The second-order valence-corrected chi connectivity index (χ2v) is 8.02. The lowest BCUT2D eigenvalue weighted by Gasteiger charge is -2.17. The van der Waals surface area contributed by atoms with Crippen molar-refractivity contribution in [3.63, 3.8) is 0 Å². The molecule has 0 aromatic heterocycles. The van der Waals surface area contributed by atoms with Crippen LogP contribution < -0.4 is 14.4 Å². The first-order valence-electron chi connectivity index (χ1n) is 11.0. The molecule has 4 rings (SSSR count). The Morgan fingerprint density at radius 1 is 1.00 bits per heavy atom. The number of non-ortho nitro benzene ring substituents is 1. The first-order valence-corrected chi connectivity index (χ1v) is 11.0. The van der Waals surface area contributed by atoms with E-state index in [1.807, 2.05) is 0 Å². The van der Waals surface area contributed by atoms with E-state index in [1.165, 1.54) is 23.1 Å². The number of nitro groups is 1. The summed E-state index contributed by atoms with van der Waals surface area (Å²) in [5.41, 5.74) is 0.438. The van der Waals surface area contributed by atoms with Gasteiger partial charge >= 0.3 is 5.97 Å². The number of anilines is 1. The van der Waals surface area contributed by atoms with Crippen molar-refractivity contribution in [1.82, 2.24) is 0 Å². The Balaban J connectivity index is 1.32. The first kappa shape index (κ1) is 24.4. The van der Waals surface area contributed by atoms with Crippen molar-refractivity contribution in [2.24, 2.45) is 5.92 Å². The number of esters is 1. The monoisotopic (exact) mass is 490 g/mol. The number of ether oxygens (including phenoxy) is 3. The number of nitro benzene ring substituents is 1. The van der Waals surface area contributed by atoms with Gasteiger partial charge in [0.25, 0.3) is 5.69 Å². The minimum absolute atomic E-state index is 0.0477. The number of ketones is 1. The number of carbonyl (C=O) groups excluding carboxylic acids is 3. The Bertz CT molecular complexity index is 1290. The largest absolute Gasteiger partial charge is 0.497 e. The van der Waals surface area contributed by atoms with Crippen LogP contribution in [0.3, 0.4) is 0 Å². The lowest BCUT2D eigenvalue weighted by atomic mass is 10.1. The van der Waals surface area contributed by atoms with Gasteiger partial charge in [-0.2, -0.15) is 0 Å². The van der Waals surface area contributed by atoms with Gasteiger partial charge in [-0.25, -0.2) is 0 Å². The molecule has 184 valence electrons. The highest BCUT2D eigenvalue weighted by atomic mass is 16.6. The van der Waals surface area contributed by atoms with Crippen molar-refractivity contribution in [3.8, 4) is 17.2 Å². The number of nitrogens with zero attached hydrogens (tertiary/aromatic N) is 2. The van der Waals surface area contributed by atoms with Crippen molar-refractivity contribution in [2.75, 3.05) is 25.2 Å². The predicted molar refractivity (Wildman–Crippen MR) is 128 cm³/mol. The van der Waals surface area contributed by atoms with E-state index in [4.69, 9.17) is 14.2 Å². The smallest absolute Gasteiger partial charge is 0.311 e. The fourth-order valence-electron chi connectivity index (χ4n) is 3.72. The summed E-state index contributed by atoms with van der Waals surface area (Å²) >= 11 is 0. The van der Waals surface area contributed by atoms with E-state index in [0.717, 1.165) is 6.07 Å². The van der Waals surface area contributed by atoms with Crippen LogP contribution in [0.4, 0.5) is 11.4 Å². The minimum Gasteiger partial charge on any atom is -0.497 e. The third kappa shape index (κ3) is 5.66. The van der Waals surface area contributed by atoms with Crippen LogP contribution in [0.25, 0.3) is 0 Å². The van der Waals surface area contributed by atoms with E-state index in [2.05, 4.69) is 0 Å². The van der Waals surface area contributed by atoms with Crippen LogP contribution in [-0.4, -0.2) is 42.8 Å². The molecule has 36 heavy (non-hydrogen) atoms. The SMILES string of the molecule is COc1ccc(Oc2ccc(N3C[C@H](C(=O)OCC(=O)c4cccc([N+](=O)[O-])c4)CC3=O)cc2)cc1. The third-order valence-electron chi connectivity index (χ3n) is 5.63. The maximum Gasteiger partial charge on any atom is 0.311 e. The zero-order chi connectivity index (χ0) is 25.7. The van der Waals surface area contributed by atoms with Gasteiger partial charge in [0.1, 0.15) is 17.2 Å². The molecule has 0 radical (unpaired) electrons. The zero-order valence-electron chi connectivity index (χ0n) is 19.3. The topological polar surface area (TPSA) is 125 Å². The van der Waals surface area contributed by atoms with Crippen LogP contribution in [0, 0.1) is 16.0 Å². The number of benzene rings is 3. The van der Waals surface area contributed by atoms with Gasteiger partial charge in [-0.05, 0) is 48.5 Å². The molecule has 1 saturated heterocycles. The number of hydrogen-bond acceptors (Lipinski definition) is 8. The number of rotatable bonds is 9. The molecule has 0 unspecified atom stereocenters. The minimum atomic E-state index is -0.731. The van der Waals surface area contributed by atoms with Crippen molar-refractivity contribution >= 4 is 29.0 Å². The average Bonchev–Trinajstić information content (AvgIpc) is 3.29. The van der Waals surface area contributed by atoms with Crippen LogP contribution in [0.5, 0.6) is 17.2 Å². The summed E-state index contributed by atoms with van der Waals surface area (Å²) in [4.78, 5) is 49.1. The summed E-state index contributed by atoms with van der Waals surface area (Å²) in [6.45, 7) is -0.455. The molecular weight excluding hydrogens is 468 g/mol. The second-order valence-electron chi connectivity index (χ2n) is 8.02. The van der Waals surface area contributed by atoms with E-state index in [-0.39, 0.29) is 30.1 Å². The summed E-state index contributed by atoms with van der Waals surface area (Å²) in [5.74, 6) is -0.303. The summed E-state index contributed by atoms with van der Waals surface area (Å²) in [6, 6.07) is 19.2. The molecule has 3 aromatic rings. The predicted octanol–water partition coefficient (Wildman–Crippen LogP) is 4.17. The maximum atomic E-state index is 12.5. The standard InChI is InChI=1S/C26H22N2O8/c1-34-21-9-11-23(12-10-21)36-22-7-5-19(6-8-22)27-15-18(14-25(27)30)26(31)35-16-24(29)17-3-2-4-20(13-17)28(32)33/h2-13,18H,14-16H2,1H3/t18-/m1/s1. The first-order chi connectivity index (χ1) is 17.3. The molecule has 0 aliphatic carbocycles. The van der Waals surface area contributed by atoms with Crippen LogP contribution in [-0.2, 0) is 14.3 Å². The molecule has 1 aliphatic heterocycles. The highest BCUT2D eigenvalue weighted by molar-refractivity contribution is 6.01. The second kappa shape index (κ2) is 10.7. The lowest BCUT2D eigenvalue weighted by Crippen LogP contribution is -2.27. The van der Waals surface area contributed by atoms with Gasteiger partial charge in [-0.1, -0.05) is 12.1 Å². The van der Waals surface area contributed by atoms with Crippen LogP contribution in [0.2, 0.25) is 0 Å². The summed E-state index contributed by atoms with van der Waals surface area (Å²) in [7, 11) is 1.58. The molecule has 1 heterocycles. The normalized spacial score (nSPS) is 14.9. The molecular formula is C26H22N2O8. The van der Waals surface area contributed by atoms with Gasteiger partial charge in [0.2, 0.25) is 11.7 Å². The van der Waals surface area contributed by atoms with E-state index in [1.54, 1.807) is 55.6 Å². The van der Waals surface area contributed by atoms with Gasteiger partial charge in [0, 0.05) is 36.3 Å². The Morgan fingerprint density at radius 2 is 1.64 bits per heavy atom. The van der Waals surface area contributed by atoms with Gasteiger partial charge in [-0.3, -0.25) is 24.5 Å². The van der Waals surface area contributed by atoms with Crippen molar-refractivity contribution in [1.29, 1.82) is 0 Å². The van der Waals surface area contributed by atoms with Gasteiger partial charge < -0.3 is 19.1 Å². The van der Waals surface area contributed by atoms with Crippen LogP contribution >= 0.6 is 0 Å². The Kier molecular flexibility index (Phi) is 7.24. The van der Waals surface area contributed by atoms with Crippen molar-refractivity contribution in [2.45, 2.75) is 6.42 Å². The number of hydrogen-bond donors (Lipinski definition) is 0. The average molecular weight is 490 g/mol. The molecule has 0 N–H and O–H groups in total.